The Morgan fingerprint density at radius 3 is 2.44 bits per heavy atom. The first-order valence-electron chi connectivity index (χ1n) is 12.0. The van der Waals surface area contributed by atoms with Crippen LogP contribution in [-0.4, -0.2) is 26.2 Å². The number of aryl methyl sites for hydroxylation is 1. The second kappa shape index (κ2) is 11.0. The number of nitrogens with one attached hydrogen (secondary N) is 1. The smallest absolute Gasteiger partial charge is 0.248 e. The van der Waals surface area contributed by atoms with Gasteiger partial charge in [-0.25, -0.2) is 0 Å². The molecule has 1 heterocycles. The van der Waals surface area contributed by atoms with Crippen molar-refractivity contribution in [1.82, 2.24) is 0 Å². The third-order valence-corrected chi connectivity index (χ3v) is 5.92. The van der Waals surface area contributed by atoms with E-state index in [-0.39, 0.29) is 5.91 Å². The normalized spacial score (nSPS) is 11.4. The molecule has 1 aromatic heterocycles. The minimum Gasteiger partial charge on any atom is -0.497 e. The van der Waals surface area contributed by atoms with E-state index < -0.39 is 0 Å². The molecule has 0 saturated heterocycles. The molecular formula is C30H31NO5. The number of allylic oxidation sites excluding steroid dienone is 1. The lowest BCUT2D eigenvalue weighted by atomic mass is 9.96. The van der Waals surface area contributed by atoms with E-state index in [0.717, 1.165) is 50.3 Å². The van der Waals surface area contributed by atoms with Crippen molar-refractivity contribution in [2.75, 3.05) is 25.6 Å². The minimum atomic E-state index is -0.225. The Kier molecular flexibility index (Phi) is 7.64. The number of fused-ring (bicyclic) bond motifs is 1. The van der Waals surface area contributed by atoms with Crippen LogP contribution in [0.5, 0.6) is 17.2 Å². The van der Waals surface area contributed by atoms with E-state index in [9.17, 15) is 4.79 Å². The maximum atomic E-state index is 12.8. The van der Waals surface area contributed by atoms with Crippen molar-refractivity contribution in [3.8, 4) is 28.4 Å². The van der Waals surface area contributed by atoms with Crippen molar-refractivity contribution in [1.29, 1.82) is 0 Å². The van der Waals surface area contributed by atoms with Gasteiger partial charge in [0.15, 0.2) is 0 Å². The van der Waals surface area contributed by atoms with Crippen LogP contribution < -0.4 is 19.5 Å². The van der Waals surface area contributed by atoms with Gasteiger partial charge in [0.1, 0.15) is 22.8 Å². The van der Waals surface area contributed by atoms with E-state index in [4.69, 9.17) is 18.6 Å². The largest absolute Gasteiger partial charge is 0.497 e. The Bertz CT molecular complexity index is 1400. The number of rotatable bonds is 9. The van der Waals surface area contributed by atoms with Gasteiger partial charge in [-0.2, -0.15) is 0 Å². The van der Waals surface area contributed by atoms with E-state index in [0.29, 0.717) is 24.7 Å². The zero-order chi connectivity index (χ0) is 25.7. The predicted octanol–water partition coefficient (Wildman–Crippen LogP) is 7.26. The quantitative estimate of drug-likeness (QED) is 0.253. The van der Waals surface area contributed by atoms with Crippen molar-refractivity contribution in [3.63, 3.8) is 0 Å². The number of carbonyl (C=O) groups is 1. The summed E-state index contributed by atoms with van der Waals surface area (Å²) in [6.07, 6.45) is 3.34. The molecule has 4 aromatic rings. The summed E-state index contributed by atoms with van der Waals surface area (Å²) in [6, 6.07) is 17.2. The van der Waals surface area contributed by atoms with Gasteiger partial charge in [-0.05, 0) is 81.3 Å². The second-order valence-electron chi connectivity index (χ2n) is 8.34. The van der Waals surface area contributed by atoms with Crippen LogP contribution in [0.3, 0.4) is 0 Å². The molecule has 4 rings (SSSR count). The molecule has 0 unspecified atom stereocenters. The number of benzene rings is 3. The lowest BCUT2D eigenvalue weighted by Crippen LogP contribution is -2.09. The molecule has 0 bridgehead atoms. The van der Waals surface area contributed by atoms with Crippen molar-refractivity contribution in [2.45, 2.75) is 27.7 Å². The molecule has 0 spiro atoms. The van der Waals surface area contributed by atoms with E-state index in [1.54, 1.807) is 19.4 Å². The highest BCUT2D eigenvalue weighted by Crippen LogP contribution is 2.41. The highest BCUT2D eigenvalue weighted by Gasteiger charge is 2.19. The Balaban J connectivity index is 1.71. The molecule has 36 heavy (non-hydrogen) atoms. The summed E-state index contributed by atoms with van der Waals surface area (Å²) in [7, 11) is 1.65. The van der Waals surface area contributed by atoms with Crippen LogP contribution in [0, 0.1) is 6.92 Å². The summed E-state index contributed by atoms with van der Waals surface area (Å²) in [5.41, 5.74) is 5.89. The molecule has 0 radical (unpaired) electrons. The summed E-state index contributed by atoms with van der Waals surface area (Å²) in [5.74, 6) is 2.02. The summed E-state index contributed by atoms with van der Waals surface area (Å²) < 4.78 is 22.9. The van der Waals surface area contributed by atoms with Gasteiger partial charge in [0, 0.05) is 33.8 Å². The fourth-order valence-electron chi connectivity index (χ4n) is 4.21. The number of methoxy groups -OCH3 is 1. The highest BCUT2D eigenvalue weighted by atomic mass is 16.5. The van der Waals surface area contributed by atoms with E-state index >= 15 is 0 Å². The van der Waals surface area contributed by atoms with Crippen LogP contribution in [0.4, 0.5) is 5.69 Å². The number of hydrogen-bond donors (Lipinski definition) is 1. The Labute approximate surface area is 211 Å². The molecule has 0 aliphatic carbocycles. The van der Waals surface area contributed by atoms with Crippen LogP contribution in [0.25, 0.3) is 27.7 Å². The molecule has 6 heteroatoms. The first-order chi connectivity index (χ1) is 17.4. The first kappa shape index (κ1) is 24.9. The van der Waals surface area contributed by atoms with Crippen molar-refractivity contribution in [3.05, 3.63) is 78.1 Å². The number of ether oxygens (including phenoxy) is 3. The van der Waals surface area contributed by atoms with Crippen molar-refractivity contribution >= 4 is 28.1 Å². The molecule has 3 aromatic carbocycles. The monoisotopic (exact) mass is 485 g/mol. The summed E-state index contributed by atoms with van der Waals surface area (Å²) >= 11 is 0. The van der Waals surface area contributed by atoms with Crippen LogP contribution in [0.1, 0.15) is 31.9 Å². The second-order valence-corrected chi connectivity index (χ2v) is 8.34. The molecule has 186 valence electrons. The Hall–Kier alpha value is -4.19. The molecular weight excluding hydrogens is 454 g/mol. The topological polar surface area (TPSA) is 69.9 Å². The van der Waals surface area contributed by atoms with Crippen LogP contribution in [0.15, 0.2) is 71.4 Å². The SMILES string of the molecule is CCOc1ccc(NC(=O)/C=C(\C)c2cc3c(-c4cccc(OC)c4)coc3c(C)c2OCC)cc1. The number of carbonyl (C=O) groups excluding carboxylic acids is 1. The number of anilines is 1. The maximum Gasteiger partial charge on any atom is 0.248 e. The van der Waals surface area contributed by atoms with Crippen LogP contribution >= 0.6 is 0 Å². The summed E-state index contributed by atoms with van der Waals surface area (Å²) in [4.78, 5) is 12.8. The molecule has 0 saturated carbocycles. The zero-order valence-corrected chi connectivity index (χ0v) is 21.3. The molecule has 6 nitrogen and oxygen atoms in total. The summed E-state index contributed by atoms with van der Waals surface area (Å²) in [5, 5.41) is 3.86. The lowest BCUT2D eigenvalue weighted by Gasteiger charge is -2.15. The third kappa shape index (κ3) is 5.23. The van der Waals surface area contributed by atoms with Gasteiger partial charge < -0.3 is 23.9 Å². The molecule has 0 aliphatic heterocycles. The minimum absolute atomic E-state index is 0.225. The van der Waals surface area contributed by atoms with Crippen molar-refractivity contribution < 1.29 is 23.4 Å². The lowest BCUT2D eigenvalue weighted by molar-refractivity contribution is -0.111. The fraction of sp³-hybridized carbons (Fsp3) is 0.233. The molecule has 0 aliphatic rings. The molecule has 0 atom stereocenters. The molecule has 0 fully saturated rings. The summed E-state index contributed by atoms with van der Waals surface area (Å²) in [6.45, 7) is 8.84. The average molecular weight is 486 g/mol. The number of amides is 1. The standard InChI is InChI=1S/C30H31NO5/c1-6-34-23-13-11-22(12-14-23)31-28(32)15-19(3)25-17-26-27(21-9-8-10-24(16-21)33-5)18-36-30(26)20(4)29(25)35-7-2/h8-18H,6-7H2,1-5H3,(H,31,32)/b19-15+. The molecule has 1 N–H and O–H groups in total. The van der Waals surface area contributed by atoms with Gasteiger partial charge in [0.2, 0.25) is 5.91 Å². The molecule has 1 amide bonds. The predicted molar refractivity (Wildman–Crippen MR) is 144 cm³/mol. The van der Waals surface area contributed by atoms with Crippen LogP contribution in [-0.2, 0) is 4.79 Å². The average Bonchev–Trinajstić information content (AvgIpc) is 3.31. The van der Waals surface area contributed by atoms with Gasteiger partial charge in [0.05, 0.1) is 26.6 Å². The first-order valence-corrected chi connectivity index (χ1v) is 12.0. The van der Waals surface area contributed by atoms with Gasteiger partial charge in [-0.1, -0.05) is 12.1 Å². The van der Waals surface area contributed by atoms with E-state index in [1.807, 2.05) is 82.3 Å². The zero-order valence-electron chi connectivity index (χ0n) is 21.3. The van der Waals surface area contributed by atoms with Gasteiger partial charge in [0.25, 0.3) is 0 Å². The highest BCUT2D eigenvalue weighted by molar-refractivity contribution is 6.06. The fourth-order valence-corrected chi connectivity index (χ4v) is 4.21. The Morgan fingerprint density at radius 2 is 1.75 bits per heavy atom. The Morgan fingerprint density at radius 1 is 1.00 bits per heavy atom. The van der Waals surface area contributed by atoms with Gasteiger partial charge in [-0.15, -0.1) is 0 Å². The number of furan rings is 1. The third-order valence-electron chi connectivity index (χ3n) is 5.92. The van der Waals surface area contributed by atoms with Gasteiger partial charge in [-0.3, -0.25) is 4.79 Å². The van der Waals surface area contributed by atoms with Crippen molar-refractivity contribution in [2.24, 2.45) is 0 Å². The van der Waals surface area contributed by atoms with Gasteiger partial charge >= 0.3 is 0 Å². The van der Waals surface area contributed by atoms with E-state index in [1.165, 1.54) is 0 Å². The van der Waals surface area contributed by atoms with E-state index in [2.05, 4.69) is 5.32 Å². The van der Waals surface area contributed by atoms with Crippen LogP contribution in [0.2, 0.25) is 0 Å². The number of hydrogen-bond acceptors (Lipinski definition) is 5. The maximum absolute atomic E-state index is 12.8.